The average Bonchev–Trinajstić information content (AvgIpc) is 3.50. The van der Waals surface area contributed by atoms with E-state index in [0.717, 1.165) is 29.1 Å². The van der Waals surface area contributed by atoms with Crippen LogP contribution in [0.15, 0.2) is 47.8 Å². The van der Waals surface area contributed by atoms with Crippen molar-refractivity contribution in [2.45, 2.75) is 65.1 Å². The lowest BCUT2D eigenvalue weighted by Crippen LogP contribution is -2.60. The predicted molar refractivity (Wildman–Crippen MR) is 143 cm³/mol. The number of nitrogens with one attached hydrogen (secondary N) is 2. The maximum atomic E-state index is 13.8. The Labute approximate surface area is 212 Å². The third kappa shape index (κ3) is 5.11. The van der Waals surface area contributed by atoms with Crippen molar-refractivity contribution in [1.29, 1.82) is 0 Å². The van der Waals surface area contributed by atoms with Gasteiger partial charge in [0.15, 0.2) is 0 Å². The number of carbonyl (C=O) groups is 2. The molecule has 35 heavy (non-hydrogen) atoms. The minimum Gasteiger partial charge on any atom is -0.342 e. The molecule has 2 heterocycles. The van der Waals surface area contributed by atoms with Crippen LogP contribution in [0.1, 0.15) is 58.5 Å². The number of amides is 2. The molecule has 0 unspecified atom stereocenters. The molecule has 186 valence electrons. The standard InChI is InChI=1S/C28H36N4O2S/c1-27(2,3)23(31-26(34)28(4,5)29-6)25(33)32-16-10-15-22(32)24-30-21(17-35-24)20-14-9-12-18-11-7-8-13-19(18)20/h7-9,11-14,17,22-23,29H,10,15-16H2,1-6H3,(H,31,34)/t22-,23+/m0/s1. The number of likely N-dealkylation sites (tertiary alicyclic amines) is 1. The fraction of sp³-hybridized carbons (Fsp3) is 0.464. The number of rotatable bonds is 6. The normalized spacial score (nSPS) is 17.5. The second-order valence-electron chi connectivity index (χ2n) is 10.9. The van der Waals surface area contributed by atoms with Gasteiger partial charge in [0.05, 0.1) is 17.3 Å². The van der Waals surface area contributed by atoms with Crippen molar-refractivity contribution >= 4 is 33.9 Å². The summed E-state index contributed by atoms with van der Waals surface area (Å²) in [5.74, 6) is -0.223. The Morgan fingerprint density at radius 3 is 2.51 bits per heavy atom. The largest absolute Gasteiger partial charge is 0.342 e. The first-order chi connectivity index (χ1) is 16.5. The van der Waals surface area contributed by atoms with Crippen LogP contribution in [0.2, 0.25) is 0 Å². The number of fused-ring (bicyclic) bond motifs is 1. The van der Waals surface area contributed by atoms with E-state index in [1.807, 2.05) is 51.7 Å². The fourth-order valence-corrected chi connectivity index (χ4v) is 5.51. The summed E-state index contributed by atoms with van der Waals surface area (Å²) in [6.45, 7) is 10.3. The zero-order valence-electron chi connectivity index (χ0n) is 21.5. The molecule has 0 spiro atoms. The maximum Gasteiger partial charge on any atom is 0.246 e. The Bertz CT molecular complexity index is 1220. The van der Waals surface area contributed by atoms with Crippen molar-refractivity contribution in [3.63, 3.8) is 0 Å². The highest BCUT2D eigenvalue weighted by Crippen LogP contribution is 2.38. The van der Waals surface area contributed by atoms with Crippen LogP contribution in [0.4, 0.5) is 0 Å². The zero-order valence-corrected chi connectivity index (χ0v) is 22.3. The Morgan fingerprint density at radius 1 is 1.09 bits per heavy atom. The summed E-state index contributed by atoms with van der Waals surface area (Å²) in [5, 5.41) is 11.5. The van der Waals surface area contributed by atoms with E-state index in [4.69, 9.17) is 4.98 Å². The first-order valence-electron chi connectivity index (χ1n) is 12.3. The van der Waals surface area contributed by atoms with Gasteiger partial charge in [-0.05, 0) is 49.9 Å². The Hall–Kier alpha value is -2.77. The van der Waals surface area contributed by atoms with E-state index in [-0.39, 0.29) is 17.9 Å². The van der Waals surface area contributed by atoms with Crippen LogP contribution in [-0.2, 0) is 9.59 Å². The van der Waals surface area contributed by atoms with E-state index >= 15 is 0 Å². The summed E-state index contributed by atoms with van der Waals surface area (Å²) in [4.78, 5) is 33.7. The molecule has 2 amide bonds. The van der Waals surface area contributed by atoms with E-state index in [2.05, 4.69) is 46.3 Å². The molecule has 4 rings (SSSR count). The molecule has 0 radical (unpaired) electrons. The highest BCUT2D eigenvalue weighted by atomic mass is 32.1. The number of likely N-dealkylation sites (N-methyl/N-ethyl adjacent to an activating group) is 1. The van der Waals surface area contributed by atoms with Crippen molar-refractivity contribution in [3.8, 4) is 11.3 Å². The van der Waals surface area contributed by atoms with Crippen molar-refractivity contribution in [3.05, 3.63) is 52.9 Å². The molecular formula is C28H36N4O2S. The summed E-state index contributed by atoms with van der Waals surface area (Å²) in [6, 6.07) is 13.9. The summed E-state index contributed by atoms with van der Waals surface area (Å²) >= 11 is 1.61. The molecule has 2 N–H and O–H groups in total. The maximum absolute atomic E-state index is 13.8. The van der Waals surface area contributed by atoms with Crippen molar-refractivity contribution in [2.24, 2.45) is 5.41 Å². The first-order valence-corrected chi connectivity index (χ1v) is 13.1. The Balaban J connectivity index is 1.61. The van der Waals surface area contributed by atoms with Gasteiger partial charge in [0, 0.05) is 17.5 Å². The third-order valence-electron chi connectivity index (χ3n) is 6.99. The molecule has 1 fully saturated rings. The van der Waals surface area contributed by atoms with E-state index in [0.29, 0.717) is 6.54 Å². The first kappa shape index (κ1) is 25.3. The van der Waals surface area contributed by atoms with Crippen molar-refractivity contribution < 1.29 is 9.59 Å². The minimum absolute atomic E-state index is 0.0397. The van der Waals surface area contributed by atoms with Crippen LogP contribution < -0.4 is 10.6 Å². The molecule has 2 aromatic carbocycles. The molecule has 0 aliphatic carbocycles. The second-order valence-corrected chi connectivity index (χ2v) is 11.8. The van der Waals surface area contributed by atoms with Gasteiger partial charge in [0.25, 0.3) is 0 Å². The minimum atomic E-state index is -0.767. The monoisotopic (exact) mass is 492 g/mol. The molecule has 0 saturated carbocycles. The lowest BCUT2D eigenvalue weighted by atomic mass is 9.85. The van der Waals surface area contributed by atoms with Crippen molar-refractivity contribution in [1.82, 2.24) is 20.5 Å². The quantitative estimate of drug-likeness (QED) is 0.499. The summed E-state index contributed by atoms with van der Waals surface area (Å²) in [5.41, 5.74) is 0.852. The number of benzene rings is 2. The molecule has 0 bridgehead atoms. The molecular weight excluding hydrogens is 456 g/mol. The Kier molecular flexibility index (Phi) is 7.02. The van der Waals surface area contributed by atoms with Gasteiger partial charge in [-0.2, -0.15) is 0 Å². The fourth-order valence-electron chi connectivity index (χ4n) is 4.54. The van der Waals surface area contributed by atoms with Gasteiger partial charge < -0.3 is 15.5 Å². The molecule has 6 nitrogen and oxygen atoms in total. The van der Waals surface area contributed by atoms with E-state index in [1.54, 1.807) is 18.4 Å². The van der Waals surface area contributed by atoms with Gasteiger partial charge in [0.2, 0.25) is 11.8 Å². The van der Waals surface area contributed by atoms with Crippen LogP contribution in [0, 0.1) is 5.41 Å². The van der Waals surface area contributed by atoms with Gasteiger partial charge in [-0.1, -0.05) is 63.2 Å². The summed E-state index contributed by atoms with van der Waals surface area (Å²) < 4.78 is 0. The van der Waals surface area contributed by atoms with Crippen LogP contribution in [0.3, 0.4) is 0 Å². The van der Waals surface area contributed by atoms with E-state index in [1.165, 1.54) is 10.8 Å². The van der Waals surface area contributed by atoms with E-state index in [9.17, 15) is 9.59 Å². The zero-order chi connectivity index (χ0) is 25.4. The molecule has 1 aromatic heterocycles. The highest BCUT2D eigenvalue weighted by molar-refractivity contribution is 7.10. The van der Waals surface area contributed by atoms with Gasteiger partial charge in [0.1, 0.15) is 11.0 Å². The van der Waals surface area contributed by atoms with Crippen LogP contribution in [0.25, 0.3) is 22.0 Å². The molecule has 7 heteroatoms. The Morgan fingerprint density at radius 2 is 1.80 bits per heavy atom. The van der Waals surface area contributed by atoms with Gasteiger partial charge in [-0.25, -0.2) is 4.98 Å². The number of thiazole rings is 1. The lowest BCUT2D eigenvalue weighted by Gasteiger charge is -2.37. The van der Waals surface area contributed by atoms with Gasteiger partial charge in [-0.15, -0.1) is 11.3 Å². The molecule has 1 aliphatic heterocycles. The van der Waals surface area contributed by atoms with Gasteiger partial charge >= 0.3 is 0 Å². The number of nitrogens with zero attached hydrogens (tertiary/aromatic N) is 2. The van der Waals surface area contributed by atoms with Crippen LogP contribution >= 0.6 is 11.3 Å². The summed E-state index contributed by atoms with van der Waals surface area (Å²) in [7, 11) is 1.75. The van der Waals surface area contributed by atoms with Crippen molar-refractivity contribution in [2.75, 3.05) is 13.6 Å². The number of aromatic nitrogens is 1. The number of hydrogen-bond donors (Lipinski definition) is 2. The van der Waals surface area contributed by atoms with Crippen LogP contribution in [0.5, 0.6) is 0 Å². The topological polar surface area (TPSA) is 74.3 Å². The molecule has 1 aliphatic rings. The SMILES string of the molecule is CNC(C)(C)C(=O)N[C@H](C(=O)N1CCC[C@H]1c1nc(-c2cccc3ccccc23)cs1)C(C)(C)C. The number of hydrogen-bond acceptors (Lipinski definition) is 5. The third-order valence-corrected chi connectivity index (χ3v) is 7.94. The molecule has 3 aromatic rings. The predicted octanol–water partition coefficient (Wildman–Crippen LogP) is 5.16. The molecule has 1 saturated heterocycles. The number of carbonyl (C=O) groups excluding carboxylic acids is 2. The smallest absolute Gasteiger partial charge is 0.246 e. The summed E-state index contributed by atoms with van der Waals surface area (Å²) in [6.07, 6.45) is 1.80. The average molecular weight is 493 g/mol. The van der Waals surface area contributed by atoms with E-state index < -0.39 is 17.0 Å². The highest BCUT2D eigenvalue weighted by Gasteiger charge is 2.42. The molecule has 2 atom stereocenters. The van der Waals surface area contributed by atoms with Gasteiger partial charge in [-0.3, -0.25) is 9.59 Å². The van der Waals surface area contributed by atoms with Crippen LogP contribution in [-0.4, -0.2) is 46.9 Å². The second kappa shape index (κ2) is 9.70. The lowest BCUT2D eigenvalue weighted by molar-refractivity contribution is -0.141.